The molecule has 0 aliphatic rings. The summed E-state index contributed by atoms with van der Waals surface area (Å²) in [7, 11) is 0. The number of hydrogen-bond acceptors (Lipinski definition) is 5. The highest BCUT2D eigenvalue weighted by Crippen LogP contribution is 2.26. The Balaban J connectivity index is 0.00000306. The first-order valence-electron chi connectivity index (χ1n) is 11.2. The van der Waals surface area contributed by atoms with Crippen LogP contribution in [-0.4, -0.2) is 39.2 Å². The summed E-state index contributed by atoms with van der Waals surface area (Å²) >= 11 is 0. The molecule has 174 valence electrons. The topological polar surface area (TPSA) is 52.4 Å². The molecule has 0 unspecified atom stereocenters. The summed E-state index contributed by atoms with van der Waals surface area (Å²) < 4.78 is 13.5. The Hall–Kier alpha value is -3.09. The van der Waals surface area contributed by atoms with Crippen LogP contribution in [0.5, 0.6) is 11.9 Å². The van der Waals surface area contributed by atoms with Crippen LogP contribution in [0.2, 0.25) is 0 Å². The Kier molecular flexibility index (Phi) is 9.10. The van der Waals surface area contributed by atoms with Crippen LogP contribution in [0.4, 0.5) is 0 Å². The van der Waals surface area contributed by atoms with E-state index in [1.807, 2.05) is 19.9 Å². The molecular formula is C26H31ClN4O2. The molecule has 0 N–H and O–H groups in total. The molecule has 0 radical (unpaired) electrons. The highest BCUT2D eigenvalue weighted by atomic mass is 35.5. The lowest BCUT2D eigenvalue weighted by Gasteiger charge is -2.23. The normalized spacial score (nSPS) is 10.9. The summed E-state index contributed by atoms with van der Waals surface area (Å²) in [6.07, 6.45) is 2.06. The van der Waals surface area contributed by atoms with Crippen LogP contribution in [0, 0.1) is 0 Å². The number of ether oxygens (including phenoxy) is 2. The molecule has 0 aliphatic carbocycles. The summed E-state index contributed by atoms with van der Waals surface area (Å²) in [4.78, 5) is 11.5. The zero-order chi connectivity index (χ0) is 22.2. The van der Waals surface area contributed by atoms with Gasteiger partial charge in [-0.05, 0) is 31.0 Å². The number of fused-ring (bicyclic) bond motifs is 1. The third-order valence-corrected chi connectivity index (χ3v) is 5.27. The Labute approximate surface area is 201 Å². The number of nitrogens with zero attached hydrogens (tertiary/aromatic N) is 4. The van der Waals surface area contributed by atoms with Crippen molar-refractivity contribution in [2.24, 2.45) is 0 Å². The van der Waals surface area contributed by atoms with E-state index < -0.39 is 0 Å². The zero-order valence-electron chi connectivity index (χ0n) is 19.2. The van der Waals surface area contributed by atoms with Crippen LogP contribution in [-0.2, 0) is 19.6 Å². The van der Waals surface area contributed by atoms with E-state index in [0.717, 1.165) is 37.2 Å². The van der Waals surface area contributed by atoms with E-state index in [1.165, 1.54) is 11.1 Å². The van der Waals surface area contributed by atoms with E-state index in [0.29, 0.717) is 25.1 Å². The van der Waals surface area contributed by atoms with Crippen molar-refractivity contribution in [3.05, 3.63) is 84.1 Å². The van der Waals surface area contributed by atoms with E-state index in [1.54, 1.807) is 0 Å². The minimum Gasteiger partial charge on any atom is -0.476 e. The van der Waals surface area contributed by atoms with Gasteiger partial charge in [0.05, 0.1) is 18.7 Å². The van der Waals surface area contributed by atoms with Crippen molar-refractivity contribution in [3.8, 4) is 11.9 Å². The molecule has 4 rings (SSSR count). The van der Waals surface area contributed by atoms with Crippen molar-refractivity contribution in [1.82, 2.24) is 19.4 Å². The van der Waals surface area contributed by atoms with Crippen LogP contribution >= 0.6 is 12.4 Å². The second-order valence-electron chi connectivity index (χ2n) is 7.60. The van der Waals surface area contributed by atoms with Crippen molar-refractivity contribution < 1.29 is 9.47 Å². The minimum absolute atomic E-state index is 0. The maximum atomic E-state index is 5.84. The molecule has 0 fully saturated rings. The monoisotopic (exact) mass is 466 g/mol. The predicted octanol–water partition coefficient (Wildman–Crippen LogP) is 5.35. The zero-order valence-corrected chi connectivity index (χ0v) is 20.0. The molecule has 2 aromatic heterocycles. The fourth-order valence-corrected chi connectivity index (χ4v) is 3.82. The van der Waals surface area contributed by atoms with E-state index >= 15 is 0 Å². The predicted molar refractivity (Wildman–Crippen MR) is 134 cm³/mol. The van der Waals surface area contributed by atoms with E-state index in [-0.39, 0.29) is 12.4 Å². The molecule has 6 nitrogen and oxygen atoms in total. The Morgan fingerprint density at radius 2 is 1.39 bits per heavy atom. The van der Waals surface area contributed by atoms with Gasteiger partial charge in [0.15, 0.2) is 0 Å². The standard InChI is InChI=1S/C26H30N4O2.ClH/c1-3-31-25-24-23(27-26(28-25)32-4-2)15-16-30(24)18-17-29(19-21-11-7-5-8-12-21)20-22-13-9-6-10-14-22;/h5-16H,3-4,17-20H2,1-2H3;1H. The van der Waals surface area contributed by atoms with Crippen LogP contribution in [0.25, 0.3) is 11.0 Å². The molecule has 0 bridgehead atoms. The summed E-state index contributed by atoms with van der Waals surface area (Å²) in [6, 6.07) is 23.6. The molecule has 0 atom stereocenters. The SMILES string of the molecule is CCOc1nc(OCC)c2c(ccn2CCN(Cc2ccccc2)Cc2ccccc2)n1.Cl. The molecule has 0 spiro atoms. The lowest BCUT2D eigenvalue weighted by Crippen LogP contribution is -2.26. The van der Waals surface area contributed by atoms with E-state index in [4.69, 9.17) is 9.47 Å². The van der Waals surface area contributed by atoms with Gasteiger partial charge in [-0.1, -0.05) is 60.7 Å². The molecular weight excluding hydrogens is 436 g/mol. The number of hydrogen-bond donors (Lipinski definition) is 0. The van der Waals surface area contributed by atoms with Gasteiger partial charge < -0.3 is 14.0 Å². The van der Waals surface area contributed by atoms with Crippen molar-refractivity contribution in [3.63, 3.8) is 0 Å². The average Bonchev–Trinajstić information content (AvgIpc) is 3.22. The molecule has 0 saturated heterocycles. The number of rotatable bonds is 11. The lowest BCUT2D eigenvalue weighted by molar-refractivity contribution is 0.246. The van der Waals surface area contributed by atoms with Gasteiger partial charge in [0, 0.05) is 32.4 Å². The quantitative estimate of drug-likeness (QED) is 0.298. The first kappa shape index (κ1) is 24.6. The maximum Gasteiger partial charge on any atom is 0.320 e. The third kappa shape index (κ3) is 6.46. The summed E-state index contributed by atoms with van der Waals surface area (Å²) in [5.74, 6) is 0.573. The van der Waals surface area contributed by atoms with Gasteiger partial charge >= 0.3 is 6.01 Å². The number of benzene rings is 2. The number of aromatic nitrogens is 3. The van der Waals surface area contributed by atoms with Gasteiger partial charge in [0.1, 0.15) is 5.52 Å². The highest BCUT2D eigenvalue weighted by Gasteiger charge is 2.15. The average molecular weight is 467 g/mol. The molecule has 0 saturated carbocycles. The second kappa shape index (κ2) is 12.2. The first-order valence-corrected chi connectivity index (χ1v) is 11.2. The Morgan fingerprint density at radius 1 is 0.788 bits per heavy atom. The molecule has 0 aliphatic heterocycles. The fraction of sp³-hybridized carbons (Fsp3) is 0.308. The first-order chi connectivity index (χ1) is 15.8. The third-order valence-electron chi connectivity index (χ3n) is 5.27. The van der Waals surface area contributed by atoms with Crippen LogP contribution in [0.15, 0.2) is 72.9 Å². The van der Waals surface area contributed by atoms with Crippen molar-refractivity contribution in [2.45, 2.75) is 33.5 Å². The fourth-order valence-electron chi connectivity index (χ4n) is 3.82. The van der Waals surface area contributed by atoms with Crippen molar-refractivity contribution in [1.29, 1.82) is 0 Å². The van der Waals surface area contributed by atoms with E-state index in [9.17, 15) is 0 Å². The lowest BCUT2D eigenvalue weighted by atomic mass is 10.1. The van der Waals surface area contributed by atoms with Crippen molar-refractivity contribution in [2.75, 3.05) is 19.8 Å². The van der Waals surface area contributed by atoms with Gasteiger partial charge in [-0.25, -0.2) is 0 Å². The van der Waals surface area contributed by atoms with Gasteiger partial charge in [-0.15, -0.1) is 12.4 Å². The van der Waals surface area contributed by atoms with E-state index in [2.05, 4.69) is 86.3 Å². The van der Waals surface area contributed by atoms with Crippen molar-refractivity contribution >= 4 is 23.4 Å². The summed E-state index contributed by atoms with van der Waals surface area (Å²) in [5.41, 5.74) is 4.36. The van der Waals surface area contributed by atoms with Gasteiger partial charge in [-0.3, -0.25) is 4.90 Å². The Morgan fingerprint density at radius 3 is 1.97 bits per heavy atom. The molecule has 0 amide bonds. The molecule has 4 aromatic rings. The maximum absolute atomic E-state index is 5.84. The summed E-state index contributed by atoms with van der Waals surface area (Å²) in [5, 5.41) is 0. The molecule has 7 heteroatoms. The second-order valence-corrected chi connectivity index (χ2v) is 7.60. The van der Waals surface area contributed by atoms with Crippen LogP contribution in [0.3, 0.4) is 0 Å². The summed E-state index contributed by atoms with van der Waals surface area (Å²) in [6.45, 7) is 8.41. The highest BCUT2D eigenvalue weighted by molar-refractivity contribution is 5.85. The van der Waals surface area contributed by atoms with Gasteiger partial charge in [-0.2, -0.15) is 9.97 Å². The Bertz CT molecular complexity index is 1080. The molecule has 33 heavy (non-hydrogen) atoms. The number of halogens is 1. The van der Waals surface area contributed by atoms with Gasteiger partial charge in [0.2, 0.25) is 5.88 Å². The molecule has 2 aromatic carbocycles. The smallest absolute Gasteiger partial charge is 0.320 e. The van der Waals surface area contributed by atoms with Gasteiger partial charge in [0.25, 0.3) is 0 Å². The van der Waals surface area contributed by atoms with Crippen LogP contribution in [0.1, 0.15) is 25.0 Å². The largest absolute Gasteiger partial charge is 0.476 e. The minimum atomic E-state index is 0. The molecule has 2 heterocycles. The van der Waals surface area contributed by atoms with Crippen LogP contribution < -0.4 is 9.47 Å².